The van der Waals surface area contributed by atoms with Crippen LogP contribution in [0, 0.1) is 0 Å². The van der Waals surface area contributed by atoms with Crippen LogP contribution in [0.15, 0.2) is 54.3 Å². The summed E-state index contributed by atoms with van der Waals surface area (Å²) in [6.07, 6.45) is 8.58. The van der Waals surface area contributed by atoms with Crippen LogP contribution in [0.2, 0.25) is 0 Å². The average molecular weight is 225 g/mol. The van der Waals surface area contributed by atoms with E-state index in [1.807, 2.05) is 0 Å². The number of carbonyl (C=O) groups excluding carboxylic acids is 1. The Morgan fingerprint density at radius 3 is 2.38 bits per heavy atom. The smallest absolute Gasteiger partial charge is 0.321 e. The van der Waals surface area contributed by atoms with Gasteiger partial charge in [0.15, 0.2) is 0 Å². The summed E-state index contributed by atoms with van der Waals surface area (Å²) in [5, 5.41) is 3.56. The van der Waals surface area contributed by atoms with Gasteiger partial charge in [-0.15, -0.1) is 0 Å². The first kappa shape index (κ1) is 16.5. The van der Waals surface area contributed by atoms with Crippen molar-refractivity contribution in [2.45, 2.75) is 6.92 Å². The second-order valence-corrected chi connectivity index (χ2v) is 2.33. The van der Waals surface area contributed by atoms with Crippen LogP contribution >= 0.6 is 0 Å². The van der Waals surface area contributed by atoms with Gasteiger partial charge in [0.2, 0.25) is 0 Å². The monoisotopic (exact) mass is 225 g/mol. The molecule has 0 atom stereocenters. The van der Waals surface area contributed by atoms with Crippen LogP contribution in [0.25, 0.3) is 0 Å². The zero-order valence-electron chi connectivity index (χ0n) is 9.52. The summed E-state index contributed by atoms with van der Waals surface area (Å²) in [6, 6.07) is 0. The molecule has 0 aliphatic carbocycles. The molecular weight excluding hydrogens is 209 g/mol. The van der Waals surface area contributed by atoms with Crippen molar-refractivity contribution in [3.8, 4) is 0 Å². The Balaban J connectivity index is 0. The number of nitrogens with zero attached hydrogens (tertiary/aromatic N) is 1. The maximum absolute atomic E-state index is 9.90. The average Bonchev–Trinajstić information content (AvgIpc) is 2.34. The van der Waals surface area contributed by atoms with Gasteiger partial charge in [-0.1, -0.05) is 48.7 Å². The first-order chi connectivity index (χ1) is 7.76. The number of carbonyl (C=O) groups is 1. The number of alkyl halides is 1. The third kappa shape index (κ3) is 8.62. The fourth-order valence-electron chi connectivity index (χ4n) is 0.749. The molecule has 0 rings (SSSR count). The van der Waals surface area contributed by atoms with Crippen molar-refractivity contribution in [3.63, 3.8) is 0 Å². The number of hydrogen-bond donors (Lipinski definition) is 0. The third-order valence-corrected chi connectivity index (χ3v) is 1.36. The molecule has 0 spiro atoms. The van der Waals surface area contributed by atoms with Gasteiger partial charge in [-0.05, 0) is 12.5 Å². The molecule has 0 aromatic heterocycles. The van der Waals surface area contributed by atoms with E-state index in [9.17, 15) is 9.18 Å². The zero-order chi connectivity index (χ0) is 12.8. The molecule has 0 heterocycles. The summed E-state index contributed by atoms with van der Waals surface area (Å²) in [5.74, 6) is 0. The fraction of sp³-hybridized carbons (Fsp3) is 0.167. The van der Waals surface area contributed by atoms with Crippen LogP contribution in [0.1, 0.15) is 6.92 Å². The Morgan fingerprint density at radius 1 is 1.31 bits per heavy atom. The first-order valence-electron chi connectivity index (χ1n) is 4.40. The van der Waals surface area contributed by atoms with Crippen LogP contribution in [-0.4, -0.2) is 19.4 Å². The van der Waals surface area contributed by atoms with E-state index < -0.39 is 0 Å². The second kappa shape index (κ2) is 13.0. The summed E-state index contributed by atoms with van der Waals surface area (Å²) in [7, 11) is 0.500. The molecule has 0 aliphatic rings. The highest BCUT2D eigenvalue weighted by Gasteiger charge is 1.96. The van der Waals surface area contributed by atoms with Crippen molar-refractivity contribution in [2.75, 3.05) is 7.18 Å². The van der Waals surface area contributed by atoms with Crippen molar-refractivity contribution in [3.05, 3.63) is 49.1 Å². The molecule has 0 aromatic carbocycles. The van der Waals surface area contributed by atoms with E-state index in [-0.39, 0.29) is 6.47 Å². The van der Waals surface area contributed by atoms with Crippen LogP contribution in [0.4, 0.5) is 4.39 Å². The molecule has 0 radical (unpaired) electrons. The molecule has 0 fully saturated rings. The van der Waals surface area contributed by atoms with Crippen LogP contribution in [0.3, 0.4) is 0 Å². The van der Waals surface area contributed by atoms with Crippen molar-refractivity contribution in [1.82, 2.24) is 0 Å². The lowest BCUT2D eigenvalue weighted by molar-refractivity contribution is -0.128. The number of oxime groups is 1. The Kier molecular flexibility index (Phi) is 13.4. The van der Waals surface area contributed by atoms with Gasteiger partial charge in [0, 0.05) is 0 Å². The fourth-order valence-corrected chi connectivity index (χ4v) is 0.749. The molecular formula is C12H16FNO2. The molecule has 0 aromatic rings. The topological polar surface area (TPSA) is 38.7 Å². The molecule has 4 heteroatoms. The maximum atomic E-state index is 9.90. The van der Waals surface area contributed by atoms with E-state index in [0.29, 0.717) is 12.9 Å². The van der Waals surface area contributed by atoms with E-state index in [2.05, 4.69) is 23.2 Å². The van der Waals surface area contributed by atoms with Crippen molar-refractivity contribution >= 4 is 12.2 Å². The number of rotatable bonds is 6. The minimum Gasteiger partial charge on any atom is -0.321 e. The minimum absolute atomic E-state index is 0.270. The highest BCUT2D eigenvalue weighted by atomic mass is 19.1. The largest absolute Gasteiger partial charge is 0.323 e. The molecule has 0 saturated heterocycles. The van der Waals surface area contributed by atoms with Crippen LogP contribution in [-0.2, 0) is 9.63 Å². The SMILES string of the molecule is C=C\C=C/C(=C\C=C)C(/C)=N/OC=O.CF. The van der Waals surface area contributed by atoms with Crippen LogP contribution < -0.4 is 0 Å². The lowest BCUT2D eigenvalue weighted by Gasteiger charge is -1.97. The Morgan fingerprint density at radius 2 is 1.94 bits per heavy atom. The van der Waals surface area contributed by atoms with Crippen molar-refractivity contribution in [2.24, 2.45) is 5.16 Å². The quantitative estimate of drug-likeness (QED) is 0.229. The molecule has 0 bridgehead atoms. The van der Waals surface area contributed by atoms with Gasteiger partial charge in [0.25, 0.3) is 0 Å². The standard InChI is InChI=1S/C11H13NO2.CH3F/c1-4-6-8-11(7-5-2)10(3)12-14-9-13;1-2/h4-9H,1-2H2,3H3;1H3/b8-6-,11-7+,12-10+;. The van der Waals surface area contributed by atoms with Gasteiger partial charge in [-0.2, -0.15) is 0 Å². The second-order valence-electron chi connectivity index (χ2n) is 2.33. The molecule has 0 N–H and O–H groups in total. The van der Waals surface area contributed by atoms with E-state index in [0.717, 1.165) is 5.57 Å². The summed E-state index contributed by atoms with van der Waals surface area (Å²) in [6.45, 7) is 9.12. The van der Waals surface area contributed by atoms with E-state index >= 15 is 0 Å². The Bertz CT molecular complexity index is 304. The van der Waals surface area contributed by atoms with Crippen molar-refractivity contribution in [1.29, 1.82) is 0 Å². The highest BCUT2D eigenvalue weighted by Crippen LogP contribution is 2.01. The Labute approximate surface area is 95.3 Å². The molecule has 0 aliphatic heterocycles. The molecule has 0 amide bonds. The van der Waals surface area contributed by atoms with Gasteiger partial charge in [-0.3, -0.25) is 9.18 Å². The number of allylic oxidation sites excluding steroid dienone is 6. The molecule has 0 saturated carbocycles. The highest BCUT2D eigenvalue weighted by molar-refractivity contribution is 6.00. The van der Waals surface area contributed by atoms with Crippen LogP contribution in [0.5, 0.6) is 0 Å². The van der Waals surface area contributed by atoms with Gasteiger partial charge >= 0.3 is 6.47 Å². The molecule has 16 heavy (non-hydrogen) atoms. The first-order valence-corrected chi connectivity index (χ1v) is 4.40. The third-order valence-electron chi connectivity index (χ3n) is 1.36. The van der Waals surface area contributed by atoms with E-state index in [1.165, 1.54) is 0 Å². The Hall–Kier alpha value is -1.97. The predicted octanol–water partition coefficient (Wildman–Crippen LogP) is 2.98. The lowest BCUT2D eigenvalue weighted by Crippen LogP contribution is -1.95. The molecule has 3 nitrogen and oxygen atoms in total. The predicted molar refractivity (Wildman–Crippen MR) is 64.9 cm³/mol. The minimum atomic E-state index is 0.270. The summed E-state index contributed by atoms with van der Waals surface area (Å²) in [5.41, 5.74) is 1.40. The summed E-state index contributed by atoms with van der Waals surface area (Å²) >= 11 is 0. The number of halogens is 1. The van der Waals surface area contributed by atoms with Crippen molar-refractivity contribution < 1.29 is 14.0 Å². The zero-order valence-corrected chi connectivity index (χ0v) is 9.52. The molecule has 88 valence electrons. The summed E-state index contributed by atoms with van der Waals surface area (Å²) in [4.78, 5) is 14.2. The van der Waals surface area contributed by atoms with Gasteiger partial charge in [-0.25, -0.2) is 0 Å². The van der Waals surface area contributed by atoms with Gasteiger partial charge in [0.05, 0.1) is 12.9 Å². The number of hydrogen-bond acceptors (Lipinski definition) is 3. The normalized spacial score (nSPS) is 11.4. The lowest BCUT2D eigenvalue weighted by atomic mass is 10.1. The summed E-state index contributed by atoms with van der Waals surface area (Å²) < 4.78 is 9.50. The van der Waals surface area contributed by atoms with Gasteiger partial charge in [0.1, 0.15) is 0 Å². The van der Waals surface area contributed by atoms with Gasteiger partial charge < -0.3 is 4.84 Å². The molecule has 0 unspecified atom stereocenters. The maximum Gasteiger partial charge on any atom is 0.323 e. The van der Waals surface area contributed by atoms with E-state index in [4.69, 9.17) is 0 Å². The van der Waals surface area contributed by atoms with E-state index in [1.54, 1.807) is 37.3 Å².